The topological polar surface area (TPSA) is 0 Å². The lowest BCUT2D eigenvalue weighted by Crippen LogP contribution is -2.01. The maximum Gasteiger partial charge on any atom is 0.0653 e. The highest BCUT2D eigenvalue weighted by Crippen LogP contribution is 2.24. The molecule has 0 spiro atoms. The molecule has 0 heterocycles. The molecule has 0 saturated heterocycles. The largest absolute Gasteiger partial charge is 0.0884 e. The Labute approximate surface area is 154 Å². The van der Waals surface area contributed by atoms with Crippen molar-refractivity contribution in [2.75, 3.05) is 13.3 Å². The second kappa shape index (κ2) is 15.0. The van der Waals surface area contributed by atoms with Crippen molar-refractivity contribution in [2.45, 2.75) is 83.4 Å². The summed E-state index contributed by atoms with van der Waals surface area (Å²) in [6.45, 7) is 4.54. The maximum atomic E-state index is 5.68. The fourth-order valence-corrected chi connectivity index (χ4v) is 4.27. The minimum atomic E-state index is 0.104. The summed E-state index contributed by atoms with van der Waals surface area (Å²) in [5.74, 6) is 0.939. The van der Waals surface area contributed by atoms with E-state index >= 15 is 0 Å². The van der Waals surface area contributed by atoms with Gasteiger partial charge in [0.05, 0.1) is 7.85 Å². The van der Waals surface area contributed by atoms with Crippen molar-refractivity contribution in [3.05, 3.63) is 30.3 Å². The predicted molar refractivity (Wildman–Crippen MR) is 114 cm³/mol. The average molecular weight is 344 g/mol. The molecule has 0 nitrogen and oxygen atoms in total. The van der Waals surface area contributed by atoms with Gasteiger partial charge in [-0.15, -0.1) is 0 Å². The van der Waals surface area contributed by atoms with Crippen LogP contribution < -0.4 is 5.30 Å². The van der Waals surface area contributed by atoms with Crippen molar-refractivity contribution in [1.29, 1.82) is 0 Å². The molecule has 2 rings (SSSR count). The Hall–Kier alpha value is -0.285. The van der Waals surface area contributed by atoms with Gasteiger partial charge in [0, 0.05) is 0 Å². The van der Waals surface area contributed by atoms with E-state index in [9.17, 15) is 0 Å². The van der Waals surface area contributed by atoms with Crippen LogP contribution in [-0.2, 0) is 0 Å². The molecule has 0 atom stereocenters. The first-order chi connectivity index (χ1) is 11.7. The smallest absolute Gasteiger partial charge is 0.0653 e. The molecule has 2 radical (unpaired) electrons. The van der Waals surface area contributed by atoms with Crippen LogP contribution in [0.15, 0.2) is 30.3 Å². The van der Waals surface area contributed by atoms with Crippen molar-refractivity contribution >= 4 is 21.1 Å². The Morgan fingerprint density at radius 2 is 1.25 bits per heavy atom. The summed E-state index contributed by atoms with van der Waals surface area (Å²) in [7, 11) is 5.78. The van der Waals surface area contributed by atoms with Gasteiger partial charge in [-0.25, -0.2) is 0 Å². The Balaban J connectivity index is 0.000000272. The lowest BCUT2D eigenvalue weighted by Gasteiger charge is -2.16. The van der Waals surface area contributed by atoms with Crippen LogP contribution in [0, 0.1) is 5.92 Å². The zero-order chi connectivity index (χ0) is 17.5. The van der Waals surface area contributed by atoms with Gasteiger partial charge in [-0.05, 0) is 24.6 Å². The third-order valence-corrected chi connectivity index (χ3v) is 6.40. The Kier molecular flexibility index (Phi) is 13.6. The SMILES string of the molecule is CP(C)c1ccccc1.[B]CCC1CCCCCCCCCCC1. The Morgan fingerprint density at radius 3 is 1.62 bits per heavy atom. The third-order valence-electron chi connectivity index (χ3n) is 5.07. The van der Waals surface area contributed by atoms with Gasteiger partial charge in [-0.1, -0.05) is 122 Å². The van der Waals surface area contributed by atoms with E-state index in [0.29, 0.717) is 0 Å². The summed E-state index contributed by atoms with van der Waals surface area (Å²) in [5.41, 5.74) is 0. The summed E-state index contributed by atoms with van der Waals surface area (Å²) in [4.78, 5) is 0. The van der Waals surface area contributed by atoms with Gasteiger partial charge in [0.25, 0.3) is 0 Å². The Morgan fingerprint density at radius 1 is 0.792 bits per heavy atom. The molecule has 0 aliphatic heterocycles. The summed E-state index contributed by atoms with van der Waals surface area (Å²) in [6.07, 6.45) is 18.2. The van der Waals surface area contributed by atoms with E-state index in [4.69, 9.17) is 7.85 Å². The molecule has 24 heavy (non-hydrogen) atoms. The minimum Gasteiger partial charge on any atom is -0.0884 e. The van der Waals surface area contributed by atoms with Gasteiger partial charge >= 0.3 is 0 Å². The standard InChI is InChI=1S/C14H27B.C8H11P/c15-13-12-14-10-8-6-4-2-1-3-5-7-9-11-14;1-9(2)8-6-4-3-5-7-8/h14H,1-13H2;3-7H,1-2H3. The quantitative estimate of drug-likeness (QED) is 0.412. The summed E-state index contributed by atoms with van der Waals surface area (Å²) >= 11 is 0. The number of hydrogen-bond donors (Lipinski definition) is 0. The van der Waals surface area contributed by atoms with Crippen LogP contribution >= 0.6 is 7.92 Å². The van der Waals surface area contributed by atoms with Crippen molar-refractivity contribution < 1.29 is 0 Å². The zero-order valence-electron chi connectivity index (χ0n) is 16.2. The van der Waals surface area contributed by atoms with Gasteiger partial charge in [-0.2, -0.15) is 0 Å². The summed E-state index contributed by atoms with van der Waals surface area (Å²) in [5, 5.41) is 1.48. The highest BCUT2D eigenvalue weighted by atomic mass is 31.1. The molecule has 0 bridgehead atoms. The summed E-state index contributed by atoms with van der Waals surface area (Å²) in [6, 6.07) is 10.6. The predicted octanol–water partition coefficient (Wildman–Crippen LogP) is 6.94. The number of rotatable bonds is 3. The molecule has 134 valence electrons. The van der Waals surface area contributed by atoms with E-state index in [-0.39, 0.29) is 7.92 Å². The first-order valence-corrected chi connectivity index (χ1v) is 12.4. The highest BCUT2D eigenvalue weighted by molar-refractivity contribution is 7.64. The van der Waals surface area contributed by atoms with Gasteiger partial charge < -0.3 is 0 Å². The lowest BCUT2D eigenvalue weighted by atomic mass is 9.85. The maximum absolute atomic E-state index is 5.68. The molecule has 2 heteroatoms. The van der Waals surface area contributed by atoms with Gasteiger partial charge in [-0.3, -0.25) is 0 Å². The monoisotopic (exact) mass is 344 g/mol. The van der Waals surface area contributed by atoms with Crippen LogP contribution in [0.1, 0.15) is 77.0 Å². The van der Waals surface area contributed by atoms with Crippen molar-refractivity contribution in [3.63, 3.8) is 0 Å². The molecular formula is C22H38BP. The van der Waals surface area contributed by atoms with E-state index in [2.05, 4.69) is 43.7 Å². The van der Waals surface area contributed by atoms with E-state index in [1.54, 1.807) is 0 Å². The molecule has 1 aliphatic carbocycles. The van der Waals surface area contributed by atoms with Crippen LogP contribution in [-0.4, -0.2) is 21.2 Å². The Bertz CT molecular complexity index is 365. The molecule has 0 aromatic heterocycles. The second-order valence-corrected chi connectivity index (χ2v) is 9.74. The molecule has 1 aromatic carbocycles. The molecule has 1 saturated carbocycles. The number of benzene rings is 1. The zero-order valence-corrected chi connectivity index (χ0v) is 17.1. The molecule has 0 N–H and O–H groups in total. The van der Waals surface area contributed by atoms with Crippen LogP contribution in [0.25, 0.3) is 0 Å². The fourth-order valence-electron chi connectivity index (χ4n) is 3.50. The van der Waals surface area contributed by atoms with E-state index in [1.807, 2.05) is 0 Å². The molecule has 0 amide bonds. The fraction of sp³-hybridized carbons (Fsp3) is 0.727. The highest BCUT2D eigenvalue weighted by Gasteiger charge is 2.07. The van der Waals surface area contributed by atoms with Crippen LogP contribution in [0.5, 0.6) is 0 Å². The summed E-state index contributed by atoms with van der Waals surface area (Å²) < 4.78 is 0. The molecule has 1 aliphatic rings. The van der Waals surface area contributed by atoms with E-state index in [1.165, 1.54) is 82.4 Å². The average Bonchev–Trinajstić information content (AvgIpc) is 2.59. The van der Waals surface area contributed by atoms with Crippen LogP contribution in [0.2, 0.25) is 6.32 Å². The molecule has 0 unspecified atom stereocenters. The van der Waals surface area contributed by atoms with Gasteiger partial charge in [0.1, 0.15) is 0 Å². The van der Waals surface area contributed by atoms with E-state index in [0.717, 1.165) is 12.2 Å². The van der Waals surface area contributed by atoms with Crippen molar-refractivity contribution in [2.24, 2.45) is 5.92 Å². The molecule has 1 aromatic rings. The normalized spacial score (nSPS) is 18.1. The first-order valence-electron chi connectivity index (χ1n) is 10.2. The van der Waals surface area contributed by atoms with Gasteiger partial charge in [0.2, 0.25) is 0 Å². The van der Waals surface area contributed by atoms with Gasteiger partial charge in [0.15, 0.2) is 0 Å². The minimum absolute atomic E-state index is 0.104. The van der Waals surface area contributed by atoms with E-state index < -0.39 is 0 Å². The molecular weight excluding hydrogens is 306 g/mol. The molecule has 1 fully saturated rings. The van der Waals surface area contributed by atoms with Crippen molar-refractivity contribution in [1.82, 2.24) is 0 Å². The first kappa shape index (κ1) is 21.8. The van der Waals surface area contributed by atoms with Crippen LogP contribution in [0.3, 0.4) is 0 Å². The number of hydrogen-bond acceptors (Lipinski definition) is 0. The van der Waals surface area contributed by atoms with Crippen LogP contribution in [0.4, 0.5) is 0 Å². The third kappa shape index (κ3) is 11.3. The lowest BCUT2D eigenvalue weighted by molar-refractivity contribution is 0.385. The second-order valence-electron chi connectivity index (χ2n) is 7.43. The van der Waals surface area contributed by atoms with Crippen molar-refractivity contribution in [3.8, 4) is 0 Å².